The highest BCUT2D eigenvalue weighted by atomic mass is 35.5. The molecule has 2 atom stereocenters. The number of anilines is 2. The zero-order valence-corrected chi connectivity index (χ0v) is 19.6. The first-order chi connectivity index (χ1) is 17.3. The van der Waals surface area contributed by atoms with Crippen LogP contribution in [-0.4, -0.2) is 63.6 Å². The van der Waals surface area contributed by atoms with Gasteiger partial charge in [0.2, 0.25) is 0 Å². The van der Waals surface area contributed by atoms with Crippen molar-refractivity contribution in [2.75, 3.05) is 25.0 Å². The van der Waals surface area contributed by atoms with Gasteiger partial charge in [-0.3, -0.25) is 9.59 Å². The molecule has 1 fully saturated rings. The van der Waals surface area contributed by atoms with Gasteiger partial charge in [0.15, 0.2) is 24.0 Å². The van der Waals surface area contributed by atoms with Gasteiger partial charge in [0, 0.05) is 36.6 Å². The smallest absolute Gasteiger partial charge is 0.257 e. The van der Waals surface area contributed by atoms with Crippen molar-refractivity contribution in [1.82, 2.24) is 25.2 Å². The molecule has 2 aliphatic heterocycles. The first-order valence-electron chi connectivity index (χ1n) is 11.5. The maximum absolute atomic E-state index is 15.9. The fourth-order valence-electron chi connectivity index (χ4n) is 5.13. The van der Waals surface area contributed by atoms with E-state index in [0.29, 0.717) is 48.2 Å². The number of alkyl halides is 2. The van der Waals surface area contributed by atoms with Gasteiger partial charge in [0.25, 0.3) is 11.8 Å². The summed E-state index contributed by atoms with van der Waals surface area (Å²) in [6.07, 6.45) is 0.904. The average Bonchev–Trinajstić information content (AvgIpc) is 3.40. The largest absolute Gasteiger partial charge is 0.357 e. The van der Waals surface area contributed by atoms with Crippen molar-refractivity contribution in [3.63, 3.8) is 0 Å². The van der Waals surface area contributed by atoms with E-state index in [0.717, 1.165) is 16.2 Å². The molecule has 186 valence electrons. The van der Waals surface area contributed by atoms with Crippen LogP contribution in [0.25, 0.3) is 11.3 Å². The lowest BCUT2D eigenvalue weighted by molar-refractivity contribution is 0.0779. The Morgan fingerprint density at radius 3 is 2.67 bits per heavy atom. The third kappa shape index (κ3) is 3.60. The topological polar surface area (TPSA) is 103 Å². The summed E-state index contributed by atoms with van der Waals surface area (Å²) in [5.74, 6) is -1.66. The number of aromatic amines is 1. The molecule has 0 saturated carbocycles. The number of H-pyrrole nitrogens is 1. The van der Waals surface area contributed by atoms with E-state index in [9.17, 15) is 18.4 Å². The second-order valence-corrected chi connectivity index (χ2v) is 9.47. The van der Waals surface area contributed by atoms with E-state index in [1.165, 1.54) is 12.3 Å². The number of amides is 2. The summed E-state index contributed by atoms with van der Waals surface area (Å²) < 4.78 is 43.3. The molecule has 1 aliphatic carbocycles. The predicted octanol–water partition coefficient (Wildman–Crippen LogP) is 3.52. The van der Waals surface area contributed by atoms with Crippen LogP contribution in [0.3, 0.4) is 0 Å². The monoisotopic (exact) mass is 516 g/mol. The molecular weight excluding hydrogens is 497 g/mol. The number of hydrogen-bond donors (Lipinski definition) is 3. The molecule has 3 aromatic rings. The third-order valence-electron chi connectivity index (χ3n) is 6.88. The average molecular weight is 517 g/mol. The molecule has 3 N–H and O–H groups in total. The Hall–Kier alpha value is -3.60. The van der Waals surface area contributed by atoms with Crippen molar-refractivity contribution >= 4 is 34.9 Å². The van der Waals surface area contributed by atoms with Gasteiger partial charge in [-0.15, -0.1) is 0 Å². The standard InChI is InChI=1S/C24H20ClF3N6O2/c25-17-5-16(12(7-30-17)24(36)34-8-13(26)14(27)9-34)33-22-20(28)18-10(6-31-22)1-2-11-19-15(32-21(11)18)3-4-29-23(19)35/h5-7,13-14,32H,1-4,8-9H2,(H,29,35)(H,30,31,33). The Balaban J connectivity index is 1.38. The molecule has 2 unspecified atom stereocenters. The van der Waals surface area contributed by atoms with Crippen LogP contribution in [0.2, 0.25) is 5.15 Å². The van der Waals surface area contributed by atoms with Crippen LogP contribution in [0.15, 0.2) is 18.5 Å². The van der Waals surface area contributed by atoms with E-state index in [2.05, 4.69) is 25.6 Å². The summed E-state index contributed by atoms with van der Waals surface area (Å²) in [7, 11) is 0. The number of aryl methyl sites for hydroxylation is 1. The van der Waals surface area contributed by atoms with E-state index in [4.69, 9.17) is 11.6 Å². The fourth-order valence-corrected chi connectivity index (χ4v) is 5.29. The minimum Gasteiger partial charge on any atom is -0.357 e. The van der Waals surface area contributed by atoms with Crippen LogP contribution in [0, 0.1) is 5.82 Å². The van der Waals surface area contributed by atoms with E-state index in [1.54, 1.807) is 6.20 Å². The maximum atomic E-state index is 15.9. The van der Waals surface area contributed by atoms with Crippen molar-refractivity contribution in [3.05, 3.63) is 57.4 Å². The van der Waals surface area contributed by atoms with Gasteiger partial charge in [-0.1, -0.05) is 11.6 Å². The molecule has 6 rings (SSSR count). The molecule has 3 aliphatic rings. The number of rotatable bonds is 3. The number of aromatic nitrogens is 3. The summed E-state index contributed by atoms with van der Waals surface area (Å²) in [5, 5.41) is 5.68. The number of halogens is 4. The van der Waals surface area contributed by atoms with Gasteiger partial charge < -0.3 is 20.5 Å². The molecule has 0 spiro atoms. The molecule has 0 bridgehead atoms. The number of hydrogen-bond acceptors (Lipinski definition) is 5. The quantitative estimate of drug-likeness (QED) is 0.462. The fraction of sp³-hybridized carbons (Fsp3) is 0.333. The molecular formula is C24H20ClF3N6O2. The summed E-state index contributed by atoms with van der Waals surface area (Å²) in [5.41, 5.74) is 3.74. The highest BCUT2D eigenvalue weighted by Gasteiger charge is 2.37. The van der Waals surface area contributed by atoms with E-state index in [1.807, 2.05) is 0 Å². The number of pyridine rings is 2. The Bertz CT molecular complexity index is 1420. The normalized spacial score (nSPS) is 20.4. The van der Waals surface area contributed by atoms with Crippen molar-refractivity contribution in [1.29, 1.82) is 0 Å². The molecule has 5 heterocycles. The molecule has 0 aromatic carbocycles. The molecule has 0 radical (unpaired) electrons. The van der Waals surface area contributed by atoms with Crippen LogP contribution in [0.1, 0.15) is 37.5 Å². The molecule has 2 amide bonds. The van der Waals surface area contributed by atoms with Gasteiger partial charge in [-0.2, -0.15) is 0 Å². The first-order valence-corrected chi connectivity index (χ1v) is 11.9. The summed E-state index contributed by atoms with van der Waals surface area (Å²) in [6, 6.07) is 1.33. The van der Waals surface area contributed by atoms with Crippen LogP contribution < -0.4 is 10.6 Å². The third-order valence-corrected chi connectivity index (χ3v) is 7.09. The number of nitrogens with one attached hydrogen (secondary N) is 3. The second kappa shape index (κ2) is 8.51. The summed E-state index contributed by atoms with van der Waals surface area (Å²) >= 11 is 6.03. The Kier molecular flexibility index (Phi) is 5.40. The Labute approximate surface area is 208 Å². The Morgan fingerprint density at radius 2 is 1.89 bits per heavy atom. The number of carbonyl (C=O) groups excluding carboxylic acids is 2. The minimum absolute atomic E-state index is 0.0210. The summed E-state index contributed by atoms with van der Waals surface area (Å²) in [6.45, 7) is -0.268. The molecule has 36 heavy (non-hydrogen) atoms. The van der Waals surface area contributed by atoms with Crippen molar-refractivity contribution in [2.24, 2.45) is 0 Å². The van der Waals surface area contributed by atoms with Crippen LogP contribution >= 0.6 is 11.6 Å². The van der Waals surface area contributed by atoms with Crippen LogP contribution in [0.4, 0.5) is 24.7 Å². The lowest BCUT2D eigenvalue weighted by atomic mass is 9.88. The highest BCUT2D eigenvalue weighted by Crippen LogP contribution is 2.40. The number of fused-ring (bicyclic) bond motifs is 5. The highest BCUT2D eigenvalue weighted by molar-refractivity contribution is 6.29. The second-order valence-electron chi connectivity index (χ2n) is 9.08. The van der Waals surface area contributed by atoms with Gasteiger partial charge in [-0.05, 0) is 30.0 Å². The van der Waals surface area contributed by atoms with Crippen molar-refractivity contribution in [3.8, 4) is 11.3 Å². The number of carbonyl (C=O) groups is 2. The molecule has 12 heteroatoms. The van der Waals surface area contributed by atoms with Crippen molar-refractivity contribution < 1.29 is 22.8 Å². The molecule has 8 nitrogen and oxygen atoms in total. The maximum Gasteiger partial charge on any atom is 0.257 e. The lowest BCUT2D eigenvalue weighted by Crippen LogP contribution is -2.32. The summed E-state index contributed by atoms with van der Waals surface area (Å²) in [4.78, 5) is 37.9. The SMILES string of the molecule is O=C1NCCc2[nH]c3c(c21)CCc1cnc(Nc2cc(Cl)ncc2C(=O)N2CC(F)C(F)C2)c(F)c1-3. The van der Waals surface area contributed by atoms with Gasteiger partial charge in [0.05, 0.1) is 35.6 Å². The number of nitrogens with zero attached hydrogens (tertiary/aromatic N) is 3. The van der Waals surface area contributed by atoms with E-state index < -0.39 is 24.1 Å². The van der Waals surface area contributed by atoms with E-state index >= 15 is 4.39 Å². The van der Waals surface area contributed by atoms with Gasteiger partial charge in [-0.25, -0.2) is 23.1 Å². The van der Waals surface area contributed by atoms with Crippen LogP contribution in [-0.2, 0) is 19.3 Å². The zero-order valence-electron chi connectivity index (χ0n) is 18.8. The number of likely N-dealkylation sites (tertiary alicyclic amines) is 1. The Morgan fingerprint density at radius 1 is 1.11 bits per heavy atom. The lowest BCUT2D eigenvalue weighted by Gasteiger charge is -2.21. The first kappa shape index (κ1) is 22.8. The zero-order chi connectivity index (χ0) is 25.1. The molecule has 3 aromatic heterocycles. The van der Waals surface area contributed by atoms with Gasteiger partial charge in [0.1, 0.15) is 5.15 Å². The van der Waals surface area contributed by atoms with Crippen molar-refractivity contribution in [2.45, 2.75) is 31.6 Å². The molecule has 1 saturated heterocycles. The van der Waals surface area contributed by atoms with Crippen LogP contribution in [0.5, 0.6) is 0 Å². The predicted molar refractivity (Wildman–Crippen MR) is 126 cm³/mol. The minimum atomic E-state index is -1.77. The van der Waals surface area contributed by atoms with Gasteiger partial charge >= 0.3 is 0 Å². The van der Waals surface area contributed by atoms with E-state index in [-0.39, 0.29) is 41.2 Å².